The van der Waals surface area contributed by atoms with Crippen LogP contribution >= 0.6 is 15.9 Å². The predicted molar refractivity (Wildman–Crippen MR) is 82.4 cm³/mol. The van der Waals surface area contributed by atoms with Crippen LogP contribution in [-0.2, 0) is 0 Å². The number of nitrogen functional groups attached to an aromatic ring is 1. The molecular weight excluding hydrogens is 337 g/mol. The van der Waals surface area contributed by atoms with Crippen molar-refractivity contribution in [3.63, 3.8) is 0 Å². The van der Waals surface area contributed by atoms with E-state index in [0.717, 1.165) is 6.07 Å². The van der Waals surface area contributed by atoms with Crippen LogP contribution in [0.3, 0.4) is 0 Å². The molecule has 1 amide bonds. The van der Waals surface area contributed by atoms with Crippen molar-refractivity contribution in [1.82, 2.24) is 0 Å². The summed E-state index contributed by atoms with van der Waals surface area (Å²) in [4.78, 5) is 13.8. The van der Waals surface area contributed by atoms with Crippen LogP contribution in [0.2, 0.25) is 0 Å². The first-order valence-electron chi connectivity index (χ1n) is 5.96. The number of carbonyl (C=O) groups is 1. The van der Waals surface area contributed by atoms with E-state index in [0.29, 0.717) is 15.7 Å². The lowest BCUT2D eigenvalue weighted by Crippen LogP contribution is -2.26. The van der Waals surface area contributed by atoms with Crippen molar-refractivity contribution >= 4 is 33.2 Å². The first-order valence-corrected chi connectivity index (χ1v) is 6.76. The molecule has 2 aromatic carbocycles. The van der Waals surface area contributed by atoms with Gasteiger partial charge in [-0.2, -0.15) is 5.26 Å². The number of rotatable bonds is 2. The molecule has 2 aromatic rings. The summed E-state index contributed by atoms with van der Waals surface area (Å²) >= 11 is 3.16. The summed E-state index contributed by atoms with van der Waals surface area (Å²) in [5.41, 5.74) is 6.67. The van der Waals surface area contributed by atoms with Crippen LogP contribution in [0.25, 0.3) is 0 Å². The third-order valence-corrected chi connectivity index (χ3v) is 3.64. The van der Waals surface area contributed by atoms with Crippen molar-refractivity contribution < 1.29 is 9.18 Å². The molecule has 0 heterocycles. The molecule has 106 valence electrons. The number of nitrogens with two attached hydrogens (primary N) is 1. The van der Waals surface area contributed by atoms with Gasteiger partial charge in [0.15, 0.2) is 0 Å². The van der Waals surface area contributed by atoms with Crippen molar-refractivity contribution in [2.24, 2.45) is 0 Å². The molecule has 0 aromatic heterocycles. The maximum Gasteiger partial charge on any atom is 0.259 e. The number of nitrogens with zero attached hydrogens (tertiary/aromatic N) is 2. The second kappa shape index (κ2) is 5.94. The number of anilines is 2. The van der Waals surface area contributed by atoms with Gasteiger partial charge < -0.3 is 10.6 Å². The van der Waals surface area contributed by atoms with Crippen molar-refractivity contribution in [3.8, 4) is 6.07 Å². The van der Waals surface area contributed by atoms with Crippen LogP contribution in [0.4, 0.5) is 15.8 Å². The second-order valence-corrected chi connectivity index (χ2v) is 5.23. The van der Waals surface area contributed by atoms with E-state index >= 15 is 0 Å². The zero-order valence-corrected chi connectivity index (χ0v) is 12.7. The summed E-state index contributed by atoms with van der Waals surface area (Å²) in [7, 11) is 1.57. The van der Waals surface area contributed by atoms with Crippen molar-refractivity contribution in [1.29, 1.82) is 5.26 Å². The molecule has 4 nitrogen and oxygen atoms in total. The Morgan fingerprint density at radius 1 is 1.38 bits per heavy atom. The van der Waals surface area contributed by atoms with Crippen LogP contribution in [0.5, 0.6) is 0 Å². The Kier molecular flexibility index (Phi) is 4.24. The van der Waals surface area contributed by atoms with Gasteiger partial charge in [0.05, 0.1) is 22.9 Å². The molecule has 2 rings (SSSR count). The summed E-state index contributed by atoms with van der Waals surface area (Å²) in [6.07, 6.45) is 0. The fourth-order valence-electron chi connectivity index (χ4n) is 1.81. The highest BCUT2D eigenvalue weighted by molar-refractivity contribution is 9.10. The molecule has 0 bridgehead atoms. The second-order valence-electron chi connectivity index (χ2n) is 4.38. The van der Waals surface area contributed by atoms with E-state index in [1.54, 1.807) is 31.3 Å². The predicted octanol–water partition coefficient (Wildman–Crippen LogP) is 3.32. The van der Waals surface area contributed by atoms with E-state index in [9.17, 15) is 9.18 Å². The van der Waals surface area contributed by atoms with E-state index in [1.807, 2.05) is 6.07 Å². The lowest BCUT2D eigenvalue weighted by atomic mass is 10.1. The van der Waals surface area contributed by atoms with Crippen LogP contribution < -0.4 is 10.6 Å². The molecule has 21 heavy (non-hydrogen) atoms. The summed E-state index contributed by atoms with van der Waals surface area (Å²) < 4.78 is 13.7. The fourth-order valence-corrected chi connectivity index (χ4v) is 2.30. The Morgan fingerprint density at radius 2 is 2.10 bits per heavy atom. The van der Waals surface area contributed by atoms with E-state index < -0.39 is 5.82 Å². The molecule has 0 fully saturated rings. The van der Waals surface area contributed by atoms with Gasteiger partial charge in [0, 0.05) is 17.2 Å². The smallest absolute Gasteiger partial charge is 0.259 e. The molecule has 0 unspecified atom stereocenters. The largest absolute Gasteiger partial charge is 0.396 e. The minimum absolute atomic E-state index is 0.0966. The van der Waals surface area contributed by atoms with Crippen LogP contribution in [0.1, 0.15) is 15.9 Å². The minimum atomic E-state index is -0.590. The van der Waals surface area contributed by atoms with E-state index in [-0.39, 0.29) is 17.2 Å². The Hall–Kier alpha value is -2.39. The maximum absolute atomic E-state index is 13.3. The number of nitriles is 1. The van der Waals surface area contributed by atoms with E-state index in [2.05, 4.69) is 15.9 Å². The third kappa shape index (κ3) is 3.03. The highest BCUT2D eigenvalue weighted by Crippen LogP contribution is 2.25. The number of amides is 1. The summed E-state index contributed by atoms with van der Waals surface area (Å²) in [5.74, 6) is -0.948. The van der Waals surface area contributed by atoms with E-state index in [1.165, 1.54) is 11.0 Å². The molecule has 0 radical (unpaired) electrons. The molecule has 2 N–H and O–H groups in total. The van der Waals surface area contributed by atoms with Gasteiger partial charge in [-0.25, -0.2) is 4.39 Å². The number of hydrogen-bond donors (Lipinski definition) is 1. The van der Waals surface area contributed by atoms with Gasteiger partial charge in [0.2, 0.25) is 0 Å². The Balaban J connectivity index is 2.40. The molecule has 0 spiro atoms. The Labute approximate surface area is 129 Å². The molecule has 0 aliphatic rings. The molecule has 0 atom stereocenters. The highest BCUT2D eigenvalue weighted by Gasteiger charge is 2.18. The summed E-state index contributed by atoms with van der Waals surface area (Å²) in [6.45, 7) is 0. The molecule has 0 saturated heterocycles. The number of hydrogen-bond acceptors (Lipinski definition) is 3. The number of carbonyl (C=O) groups excluding carboxylic acids is 1. The molecule has 0 aliphatic carbocycles. The maximum atomic E-state index is 13.3. The Bertz CT molecular complexity index is 755. The third-order valence-electron chi connectivity index (χ3n) is 2.98. The standard InChI is InChI=1S/C15H11BrFN3O/c1-20(10-4-2-3-9(5-10)8-18)15(21)11-6-14(19)13(17)7-12(11)16/h2-7H,19H2,1H3. The molecule has 0 saturated carbocycles. The van der Waals surface area contributed by atoms with Crippen molar-refractivity contribution in [2.75, 3.05) is 17.7 Å². The average Bonchev–Trinajstić information content (AvgIpc) is 2.49. The van der Waals surface area contributed by atoms with Gasteiger partial charge in [-0.1, -0.05) is 6.07 Å². The van der Waals surface area contributed by atoms with Gasteiger partial charge in [-0.3, -0.25) is 4.79 Å². The first-order chi connectivity index (χ1) is 9.93. The normalized spacial score (nSPS) is 10.0. The average molecular weight is 348 g/mol. The molecular formula is C15H11BrFN3O. The molecule has 6 heteroatoms. The first kappa shape index (κ1) is 15.0. The number of benzene rings is 2. The quantitative estimate of drug-likeness (QED) is 0.847. The SMILES string of the molecule is CN(C(=O)c1cc(N)c(F)cc1Br)c1cccc(C#N)c1. The van der Waals surface area contributed by atoms with Crippen LogP contribution in [0, 0.1) is 17.1 Å². The lowest BCUT2D eigenvalue weighted by molar-refractivity contribution is 0.0992. The highest BCUT2D eigenvalue weighted by atomic mass is 79.9. The minimum Gasteiger partial charge on any atom is -0.396 e. The van der Waals surface area contributed by atoms with Gasteiger partial charge in [-0.05, 0) is 46.3 Å². The van der Waals surface area contributed by atoms with Crippen LogP contribution in [-0.4, -0.2) is 13.0 Å². The van der Waals surface area contributed by atoms with Gasteiger partial charge >= 0.3 is 0 Å². The van der Waals surface area contributed by atoms with Crippen molar-refractivity contribution in [2.45, 2.75) is 0 Å². The number of halogens is 2. The molecule has 0 aliphatic heterocycles. The monoisotopic (exact) mass is 347 g/mol. The topological polar surface area (TPSA) is 70.1 Å². The fraction of sp³-hybridized carbons (Fsp3) is 0.0667. The van der Waals surface area contributed by atoms with Gasteiger partial charge in [0.25, 0.3) is 5.91 Å². The van der Waals surface area contributed by atoms with Gasteiger partial charge in [0.1, 0.15) is 5.82 Å². The zero-order chi connectivity index (χ0) is 15.6. The summed E-state index contributed by atoms with van der Waals surface area (Å²) in [5, 5.41) is 8.89. The lowest BCUT2D eigenvalue weighted by Gasteiger charge is -2.18. The van der Waals surface area contributed by atoms with Crippen molar-refractivity contribution in [3.05, 3.63) is 57.8 Å². The Morgan fingerprint density at radius 3 is 2.76 bits per heavy atom. The van der Waals surface area contributed by atoms with Gasteiger partial charge in [-0.15, -0.1) is 0 Å². The van der Waals surface area contributed by atoms with Crippen LogP contribution in [0.15, 0.2) is 40.9 Å². The zero-order valence-electron chi connectivity index (χ0n) is 11.1. The summed E-state index contributed by atoms with van der Waals surface area (Å²) in [6, 6.07) is 11.1. The van der Waals surface area contributed by atoms with E-state index in [4.69, 9.17) is 11.0 Å².